The van der Waals surface area contributed by atoms with E-state index in [1.54, 1.807) is 29.9 Å². The van der Waals surface area contributed by atoms with Gasteiger partial charge < -0.3 is 14.5 Å². The van der Waals surface area contributed by atoms with Crippen molar-refractivity contribution in [2.24, 2.45) is 0 Å². The van der Waals surface area contributed by atoms with Crippen LogP contribution in [0.15, 0.2) is 60.5 Å². The predicted molar refractivity (Wildman–Crippen MR) is 122 cm³/mol. The van der Waals surface area contributed by atoms with Crippen LogP contribution in [0.25, 0.3) is 10.1 Å². The number of ether oxygens (including phenoxy) is 1. The average Bonchev–Trinajstić information content (AvgIpc) is 3.35. The molecule has 1 N–H and O–H groups in total. The lowest BCUT2D eigenvalue weighted by molar-refractivity contribution is -0.742. The van der Waals surface area contributed by atoms with Gasteiger partial charge in [0.25, 0.3) is 5.09 Å². The molecule has 31 heavy (non-hydrogen) atoms. The summed E-state index contributed by atoms with van der Waals surface area (Å²) in [5, 5.41) is 18.8. The van der Waals surface area contributed by atoms with E-state index in [1.807, 2.05) is 35.0 Å². The van der Waals surface area contributed by atoms with Gasteiger partial charge in [0.15, 0.2) is 0 Å². The Bertz CT molecular complexity index is 1160. The van der Waals surface area contributed by atoms with E-state index in [9.17, 15) is 0 Å². The number of halogens is 3. The molecule has 0 spiro atoms. The quantitative estimate of drug-likeness (QED) is 0.236. The van der Waals surface area contributed by atoms with Crippen LogP contribution in [0.2, 0.25) is 15.1 Å². The van der Waals surface area contributed by atoms with Gasteiger partial charge in [-0.25, -0.2) is 4.98 Å². The highest BCUT2D eigenvalue weighted by Gasteiger charge is 2.18. The van der Waals surface area contributed by atoms with E-state index in [2.05, 4.69) is 16.4 Å². The van der Waals surface area contributed by atoms with Gasteiger partial charge in [0.05, 0.1) is 29.2 Å². The van der Waals surface area contributed by atoms with E-state index >= 15 is 0 Å². The lowest BCUT2D eigenvalue weighted by Gasteiger charge is -2.20. The van der Waals surface area contributed by atoms with Crippen molar-refractivity contribution in [3.05, 3.63) is 96.8 Å². The minimum atomic E-state index is -1.50. The van der Waals surface area contributed by atoms with Gasteiger partial charge in [-0.2, -0.15) is 0 Å². The largest absolute Gasteiger partial charge is 0.367 e. The highest BCUT2D eigenvalue weighted by Crippen LogP contribution is 2.35. The fourth-order valence-corrected chi connectivity index (χ4v) is 4.77. The van der Waals surface area contributed by atoms with Gasteiger partial charge in [-0.1, -0.05) is 53.0 Å². The first kappa shape index (κ1) is 23.3. The monoisotopic (exact) mass is 499 g/mol. The Hall–Kier alpha value is -2.36. The zero-order valence-corrected chi connectivity index (χ0v) is 18.9. The summed E-state index contributed by atoms with van der Waals surface area (Å²) in [5.41, 5.74) is 2.01. The molecule has 1 atom stereocenters. The maximum Gasteiger partial charge on any atom is 0.291 e. The molecule has 162 valence electrons. The van der Waals surface area contributed by atoms with Crippen LogP contribution in [0.3, 0.4) is 0 Å². The van der Waals surface area contributed by atoms with E-state index in [1.165, 1.54) is 0 Å². The summed E-state index contributed by atoms with van der Waals surface area (Å²) in [4.78, 5) is 12.5. The van der Waals surface area contributed by atoms with E-state index in [0.29, 0.717) is 23.2 Å². The van der Waals surface area contributed by atoms with E-state index in [4.69, 9.17) is 54.9 Å². The maximum atomic E-state index is 8.36. The molecule has 2 aromatic carbocycles. The van der Waals surface area contributed by atoms with Gasteiger partial charge in [-0.05, 0) is 34.5 Å². The minimum absolute atomic E-state index is 0.238. The Morgan fingerprint density at radius 2 is 2.00 bits per heavy atom. The summed E-state index contributed by atoms with van der Waals surface area (Å²) in [6.07, 6.45) is 5.17. The summed E-state index contributed by atoms with van der Waals surface area (Å²) in [6, 6.07) is 11.4. The highest BCUT2D eigenvalue weighted by atomic mass is 35.5. The molecule has 0 saturated heterocycles. The van der Waals surface area contributed by atoms with Gasteiger partial charge in [0.1, 0.15) is 6.10 Å². The molecule has 0 bridgehead atoms. The molecular weight excluding hydrogens is 485 g/mol. The molecule has 0 aliphatic heterocycles. The first-order chi connectivity index (χ1) is 14.8. The van der Waals surface area contributed by atoms with Crippen LogP contribution in [-0.2, 0) is 17.9 Å². The van der Waals surface area contributed by atoms with Crippen molar-refractivity contribution >= 4 is 56.2 Å². The van der Waals surface area contributed by atoms with Crippen LogP contribution in [0.5, 0.6) is 0 Å². The SMILES string of the molecule is Clc1ccc([C@H](Cn2ccnc2)OCc2csc3c(Cl)cccc23)c(Cl)c1.O=[N+]([O-])O. The van der Waals surface area contributed by atoms with Crippen molar-refractivity contribution in [1.82, 2.24) is 9.55 Å². The Morgan fingerprint density at radius 3 is 2.68 bits per heavy atom. The second kappa shape index (κ2) is 10.8. The van der Waals surface area contributed by atoms with Gasteiger partial charge in [0.2, 0.25) is 0 Å². The number of nitrogens with zero attached hydrogens (tertiary/aromatic N) is 3. The van der Waals surface area contributed by atoms with Crippen molar-refractivity contribution in [3.8, 4) is 0 Å². The third-order valence-electron chi connectivity index (χ3n) is 4.32. The van der Waals surface area contributed by atoms with E-state index < -0.39 is 5.09 Å². The van der Waals surface area contributed by atoms with Crippen molar-refractivity contribution < 1.29 is 15.0 Å². The van der Waals surface area contributed by atoms with Crippen molar-refractivity contribution in [2.45, 2.75) is 19.3 Å². The lowest BCUT2D eigenvalue weighted by atomic mass is 10.1. The van der Waals surface area contributed by atoms with Crippen LogP contribution >= 0.6 is 46.1 Å². The zero-order chi connectivity index (χ0) is 22.4. The molecule has 11 heteroatoms. The third kappa shape index (κ3) is 6.32. The first-order valence-electron chi connectivity index (χ1n) is 8.85. The maximum absolute atomic E-state index is 8.36. The topological polar surface area (TPSA) is 90.4 Å². The highest BCUT2D eigenvalue weighted by molar-refractivity contribution is 7.18. The van der Waals surface area contributed by atoms with Gasteiger partial charge in [-0.15, -0.1) is 21.5 Å². The summed E-state index contributed by atoms with van der Waals surface area (Å²) in [6.45, 7) is 1.06. The number of benzene rings is 2. The Morgan fingerprint density at radius 1 is 1.23 bits per heavy atom. The number of fused-ring (bicyclic) bond motifs is 1. The van der Waals surface area contributed by atoms with Crippen LogP contribution in [-0.4, -0.2) is 19.8 Å². The van der Waals surface area contributed by atoms with Crippen LogP contribution in [0, 0.1) is 10.1 Å². The summed E-state index contributed by atoms with van der Waals surface area (Å²) in [7, 11) is 0. The molecule has 0 fully saturated rings. The summed E-state index contributed by atoms with van der Waals surface area (Å²) >= 11 is 20.4. The van der Waals surface area contributed by atoms with Crippen LogP contribution in [0.1, 0.15) is 17.2 Å². The molecular formula is C20H16Cl3N3O4S. The Balaban J connectivity index is 0.000000628. The number of hydrogen-bond donors (Lipinski definition) is 1. The number of hydrogen-bond acceptors (Lipinski definition) is 5. The van der Waals surface area contributed by atoms with Gasteiger partial charge in [0, 0.05) is 28.0 Å². The number of imidazole rings is 1. The Labute approximate surface area is 196 Å². The molecule has 2 heterocycles. The molecule has 4 aromatic rings. The van der Waals surface area contributed by atoms with Gasteiger partial charge >= 0.3 is 0 Å². The zero-order valence-electron chi connectivity index (χ0n) is 15.8. The number of thiophene rings is 1. The summed E-state index contributed by atoms with van der Waals surface area (Å²) in [5.74, 6) is 0. The van der Waals surface area contributed by atoms with Crippen LogP contribution < -0.4 is 0 Å². The van der Waals surface area contributed by atoms with Crippen molar-refractivity contribution in [1.29, 1.82) is 0 Å². The average molecular weight is 501 g/mol. The number of rotatable bonds is 6. The standard InChI is InChI=1S/C20H15Cl3N2OS.HNO3/c21-14-4-5-16(18(23)8-14)19(9-25-7-6-24-12-25)26-10-13-11-27-20-15(13)2-1-3-17(20)22;2-1(3)4/h1-8,11-12,19H,9-10H2;(H,2,3,4)/t19-;/m0./s1. The molecule has 0 radical (unpaired) electrons. The van der Waals surface area contributed by atoms with Crippen molar-refractivity contribution in [3.63, 3.8) is 0 Å². The van der Waals surface area contributed by atoms with E-state index in [-0.39, 0.29) is 6.10 Å². The molecule has 0 saturated carbocycles. The molecule has 4 rings (SSSR count). The normalized spacial score (nSPS) is 11.7. The molecule has 0 aliphatic rings. The Kier molecular flexibility index (Phi) is 8.11. The molecule has 0 aliphatic carbocycles. The lowest BCUT2D eigenvalue weighted by Crippen LogP contribution is -2.12. The third-order valence-corrected chi connectivity index (χ3v) is 6.38. The van der Waals surface area contributed by atoms with Crippen molar-refractivity contribution in [2.75, 3.05) is 0 Å². The van der Waals surface area contributed by atoms with Gasteiger partial charge in [-0.3, -0.25) is 0 Å². The second-order valence-electron chi connectivity index (χ2n) is 6.34. The predicted octanol–water partition coefficient (Wildman–Crippen LogP) is 6.67. The minimum Gasteiger partial charge on any atom is -0.367 e. The molecule has 7 nitrogen and oxygen atoms in total. The smallest absolute Gasteiger partial charge is 0.291 e. The summed E-state index contributed by atoms with van der Waals surface area (Å²) < 4.78 is 9.35. The van der Waals surface area contributed by atoms with E-state index in [0.717, 1.165) is 26.2 Å². The molecule has 0 amide bonds. The first-order valence-corrected chi connectivity index (χ1v) is 10.9. The fraction of sp³-hybridized carbons (Fsp3) is 0.150. The molecule has 0 unspecified atom stereocenters. The molecule has 2 aromatic heterocycles. The fourth-order valence-electron chi connectivity index (χ4n) is 2.97. The second-order valence-corrected chi connectivity index (χ2v) is 8.47. The van der Waals surface area contributed by atoms with Crippen LogP contribution in [0.4, 0.5) is 0 Å². The number of aromatic nitrogens is 2.